The summed E-state index contributed by atoms with van der Waals surface area (Å²) in [6.45, 7) is 76.7. The molecule has 2 nitrogen and oxygen atoms in total. The predicted octanol–water partition coefficient (Wildman–Crippen LogP) is 42.9. The highest BCUT2D eigenvalue weighted by Crippen LogP contribution is 2.28. The molecule has 0 atom stereocenters. The molecule has 0 aromatic heterocycles. The number of halogens is 4. The first-order valence-electron chi connectivity index (χ1n) is 49.9. The molecule has 0 bridgehead atoms. The first-order chi connectivity index (χ1) is 63.9. The van der Waals surface area contributed by atoms with Crippen molar-refractivity contribution < 1.29 is 14.2 Å². The van der Waals surface area contributed by atoms with Crippen LogP contribution in [0.5, 0.6) is 11.5 Å². The van der Waals surface area contributed by atoms with Crippen LogP contribution in [0.2, 0.25) is 5.02 Å². The topological polar surface area (TPSA) is 29.5 Å². The third kappa shape index (κ3) is 57.9. The molecule has 0 amide bonds. The quantitative estimate of drug-likeness (QED) is 0.0977. The summed E-state index contributed by atoms with van der Waals surface area (Å²) in [4.78, 5) is 0. The molecule has 1 N–H and O–H groups in total. The van der Waals surface area contributed by atoms with Gasteiger partial charge in [-0.25, -0.2) is 4.39 Å². The van der Waals surface area contributed by atoms with Crippen molar-refractivity contribution in [1.82, 2.24) is 0 Å². The summed E-state index contributed by atoms with van der Waals surface area (Å²) < 4.78 is 19.9. The molecule has 0 aliphatic rings. The van der Waals surface area contributed by atoms with E-state index in [1.807, 2.05) is 54.6 Å². The molecule has 0 aliphatic carbocycles. The Hall–Kier alpha value is -9.11. The van der Waals surface area contributed by atoms with Crippen molar-refractivity contribution in [1.29, 1.82) is 0 Å². The Kier molecular flexibility index (Phi) is 65.8. The fourth-order valence-corrected chi connectivity index (χ4v) is 13.5. The number of hydrogen-bond acceptors (Lipinski definition) is 2. The number of aryl methyl sites for hydroxylation is 4. The van der Waals surface area contributed by atoms with Crippen molar-refractivity contribution in [3.8, 4) is 11.5 Å². The molecule has 0 spiro atoms. The van der Waals surface area contributed by atoms with Gasteiger partial charge in [0.05, 0.1) is 7.11 Å². The minimum atomic E-state index is -0.163. The molecule has 0 unspecified atom stereocenters. The van der Waals surface area contributed by atoms with Crippen LogP contribution in [0.1, 0.15) is 418 Å². The van der Waals surface area contributed by atoms with Gasteiger partial charge in [0, 0.05) is 13.1 Å². The average molecular weight is 2050 g/mol. The van der Waals surface area contributed by atoms with Gasteiger partial charge in [-0.3, -0.25) is 0 Å². The maximum absolute atomic E-state index is 12.4. The van der Waals surface area contributed by atoms with E-state index in [0.29, 0.717) is 88.6 Å². The fraction of sp³-hybridized carbons (Fsp3) is 0.405. The van der Waals surface area contributed by atoms with E-state index in [9.17, 15) is 4.39 Å². The lowest BCUT2D eigenvalue weighted by molar-refractivity contribution is 0.414. The standard InChI is InChI=1S/C13H20.C12H18.C11H16.C10H14O.3C10H14.C9H11Br.C9H11Cl.C9H11F.C9H11I.C9H12O.C9H12.CH4/c1-10(2)11-6-8-12(9-7-11)13(3,4)5;1-9(2)11-5-7-12(8-6-11)10(3)4;1-4-10-5-7-11(8-6-10)9(2)3;1-8(2)9-4-6-10(11-3)7-5-9;3*1-8(2)10-6-4-9(3)5-7-10;5*1-7(2)8-3-5-9(10)6-4-8;1-8(2)9-6-4-3-5-7-9;/h6-10H,1-5H3;5-10H,1-4H3;5-9H,4H2,1-3H3;4-8H,1-3H3;3*4-8H,1-3H3;4*3-7H,1-2H3;3-7,10H,1-2H3;3-8H,1-2H3;1H4. The first-order valence-corrected chi connectivity index (χ1v) is 52.1. The van der Waals surface area contributed by atoms with Gasteiger partial charge in [-0.2, -0.15) is 0 Å². The lowest BCUT2D eigenvalue weighted by Crippen LogP contribution is -2.10. The maximum atomic E-state index is 12.4. The summed E-state index contributed by atoms with van der Waals surface area (Å²) >= 11 is 11.4. The summed E-state index contributed by atoms with van der Waals surface area (Å²) in [6.07, 6.45) is 1.14. The third-order valence-electron chi connectivity index (χ3n) is 23.0. The molecule has 0 saturated heterocycles. The van der Waals surface area contributed by atoms with Gasteiger partial charge in [0.1, 0.15) is 17.3 Å². The van der Waals surface area contributed by atoms with Crippen LogP contribution in [0.4, 0.5) is 4.39 Å². The molecule has 0 radical (unpaired) electrons. The second kappa shape index (κ2) is 70.5. The summed E-state index contributed by atoms with van der Waals surface area (Å²) in [5.41, 5.74) is 26.5. The Morgan fingerprint density at radius 1 is 0.285 bits per heavy atom. The number of phenols is 1. The van der Waals surface area contributed by atoms with E-state index in [-0.39, 0.29) is 18.7 Å². The molecular formula is C131H182BrClFIO2. The van der Waals surface area contributed by atoms with Crippen LogP contribution in [0.3, 0.4) is 0 Å². The first kappa shape index (κ1) is 128. The number of benzene rings is 13. The van der Waals surface area contributed by atoms with E-state index in [4.69, 9.17) is 21.4 Å². The lowest BCUT2D eigenvalue weighted by Gasteiger charge is -2.19. The van der Waals surface area contributed by atoms with Crippen molar-refractivity contribution in [2.75, 3.05) is 7.11 Å². The fourth-order valence-electron chi connectivity index (χ4n) is 12.7. The Morgan fingerprint density at radius 2 is 0.482 bits per heavy atom. The van der Waals surface area contributed by atoms with Gasteiger partial charge >= 0.3 is 0 Å². The summed E-state index contributed by atoms with van der Waals surface area (Å²) in [5.74, 6) is 9.80. The van der Waals surface area contributed by atoms with Crippen LogP contribution in [0.25, 0.3) is 0 Å². The number of hydrogen-bond donors (Lipinski definition) is 1. The number of methoxy groups -OCH3 is 1. The predicted molar refractivity (Wildman–Crippen MR) is 624 cm³/mol. The van der Waals surface area contributed by atoms with Crippen LogP contribution < -0.4 is 4.74 Å². The van der Waals surface area contributed by atoms with Crippen LogP contribution in [0, 0.1) is 30.2 Å². The highest BCUT2D eigenvalue weighted by Gasteiger charge is 2.14. The van der Waals surface area contributed by atoms with E-state index in [0.717, 1.165) is 21.7 Å². The van der Waals surface area contributed by atoms with Gasteiger partial charge in [-0.15, -0.1) is 0 Å². The van der Waals surface area contributed by atoms with Gasteiger partial charge in [0.2, 0.25) is 0 Å². The molecule has 0 heterocycles. The zero-order valence-corrected chi connectivity index (χ0v) is 95.3. The molecule has 0 fully saturated rings. The maximum Gasteiger partial charge on any atom is 0.123 e. The highest BCUT2D eigenvalue weighted by atomic mass is 127. The molecule has 137 heavy (non-hydrogen) atoms. The lowest BCUT2D eigenvalue weighted by atomic mass is 9.86. The molecule has 13 aromatic rings. The second-order valence-corrected chi connectivity index (χ2v) is 43.1. The smallest absolute Gasteiger partial charge is 0.123 e. The second-order valence-electron chi connectivity index (χ2n) is 40.5. The molecule has 6 heteroatoms. The molecule has 13 aromatic carbocycles. The molecule has 746 valence electrons. The summed E-state index contributed by atoms with van der Waals surface area (Å²) in [5, 5.41) is 9.75. The Balaban J connectivity index is 0.00000146. The van der Waals surface area contributed by atoms with E-state index < -0.39 is 0 Å². The zero-order chi connectivity index (χ0) is 103. The van der Waals surface area contributed by atoms with Crippen LogP contribution in [-0.2, 0) is 11.8 Å². The van der Waals surface area contributed by atoms with Gasteiger partial charge in [-0.05, 0) is 300 Å². The van der Waals surface area contributed by atoms with Gasteiger partial charge < -0.3 is 9.84 Å². The van der Waals surface area contributed by atoms with Crippen molar-refractivity contribution in [2.24, 2.45) is 0 Å². The van der Waals surface area contributed by atoms with E-state index >= 15 is 0 Å². The number of ether oxygens (including phenoxy) is 1. The molecule has 0 saturated carbocycles. The minimum Gasteiger partial charge on any atom is -0.508 e. The Bertz CT molecular complexity index is 4430. The normalized spacial score (nSPS) is 10.5. The van der Waals surface area contributed by atoms with Crippen LogP contribution in [0.15, 0.2) is 326 Å². The zero-order valence-electron chi connectivity index (χ0n) is 90.8. The van der Waals surface area contributed by atoms with E-state index in [2.05, 4.69) is 524 Å². The van der Waals surface area contributed by atoms with Crippen molar-refractivity contribution in [3.63, 3.8) is 0 Å². The van der Waals surface area contributed by atoms with Crippen molar-refractivity contribution in [3.05, 3.63) is 446 Å². The highest BCUT2D eigenvalue weighted by molar-refractivity contribution is 14.1. The monoisotopic (exact) mass is 2050 g/mol. The summed E-state index contributed by atoms with van der Waals surface area (Å²) in [7, 11) is 1.68. The molecule has 13 rings (SSSR count). The van der Waals surface area contributed by atoms with Gasteiger partial charge in [-0.1, -0.05) is 522 Å². The Morgan fingerprint density at radius 3 is 0.715 bits per heavy atom. The van der Waals surface area contributed by atoms with Crippen molar-refractivity contribution >= 4 is 50.1 Å². The number of phenolic OH excluding ortho intramolecular Hbond substituents is 1. The SMILES string of the molecule is C.CC(C)c1ccc(Br)cc1.CC(C)c1ccc(C(C)(C)C)cc1.CC(C)c1ccc(C(C)C)cc1.CC(C)c1ccc(Cl)cc1.CC(C)c1ccc(F)cc1.CC(C)c1ccc(I)cc1.CC(C)c1ccc(O)cc1.CC(C)c1ccccc1.CCc1ccc(C(C)C)cc1.COc1ccc(C(C)C)cc1.Cc1ccc(C(C)C)cc1.Cc1ccc(C(C)C)cc1.Cc1ccc(C(C)C)cc1. The summed E-state index contributed by atoms with van der Waals surface area (Å²) in [6, 6.07) is 111. The molecular weight excluding hydrogens is 1870 g/mol. The minimum absolute atomic E-state index is 0. The third-order valence-corrected chi connectivity index (χ3v) is 24.5. The van der Waals surface area contributed by atoms with E-state index in [1.165, 1.54) is 121 Å². The number of rotatable bonds is 16. The average Bonchev–Trinajstić information content (AvgIpc) is 0.844. The Labute approximate surface area is 866 Å². The van der Waals surface area contributed by atoms with Gasteiger partial charge in [0.25, 0.3) is 0 Å². The molecule has 0 aliphatic heterocycles. The van der Waals surface area contributed by atoms with E-state index in [1.54, 1.807) is 19.2 Å². The van der Waals surface area contributed by atoms with Crippen molar-refractivity contribution in [2.45, 2.75) is 344 Å². The number of aromatic hydroxyl groups is 1. The van der Waals surface area contributed by atoms with Crippen LogP contribution >= 0.6 is 50.1 Å². The largest absolute Gasteiger partial charge is 0.508 e. The van der Waals surface area contributed by atoms with Gasteiger partial charge in [0.15, 0.2) is 0 Å². The van der Waals surface area contributed by atoms with Crippen LogP contribution in [-0.4, -0.2) is 12.2 Å².